The fourth-order valence-electron chi connectivity index (χ4n) is 3.05. The van der Waals surface area contributed by atoms with E-state index in [1.807, 2.05) is 59.2 Å². The summed E-state index contributed by atoms with van der Waals surface area (Å²) in [5.41, 5.74) is 2.75. The number of benzene rings is 1. The topological polar surface area (TPSA) is 66.5 Å². The molecule has 2 aromatic heterocycles. The quantitative estimate of drug-likeness (QED) is 0.794. The summed E-state index contributed by atoms with van der Waals surface area (Å²) in [5.74, 6) is 0. The largest absolute Gasteiger partial charge is 0.423 e. The number of oxazole rings is 1. The number of piperazine rings is 1. The van der Waals surface area contributed by atoms with E-state index in [1.54, 1.807) is 0 Å². The highest BCUT2D eigenvalue weighted by molar-refractivity contribution is 5.75. The lowest BCUT2D eigenvalue weighted by Crippen LogP contribution is -2.51. The van der Waals surface area contributed by atoms with E-state index in [2.05, 4.69) is 15.2 Å². The fraction of sp³-hybridized carbons (Fsp3) is 0.333. The predicted molar refractivity (Wildman–Crippen MR) is 95.4 cm³/mol. The van der Waals surface area contributed by atoms with Gasteiger partial charge in [-0.2, -0.15) is 4.98 Å². The van der Waals surface area contributed by atoms with E-state index in [1.165, 1.54) is 0 Å². The molecule has 7 heteroatoms. The van der Waals surface area contributed by atoms with Gasteiger partial charge >= 0.3 is 6.03 Å². The van der Waals surface area contributed by atoms with Gasteiger partial charge in [-0.3, -0.25) is 0 Å². The lowest BCUT2D eigenvalue weighted by atomic mass is 10.3. The van der Waals surface area contributed by atoms with Crippen molar-refractivity contribution in [2.24, 2.45) is 7.05 Å². The van der Waals surface area contributed by atoms with Crippen molar-refractivity contribution in [1.82, 2.24) is 19.8 Å². The van der Waals surface area contributed by atoms with Crippen LogP contribution in [0.3, 0.4) is 0 Å². The van der Waals surface area contributed by atoms with Crippen molar-refractivity contribution in [3.63, 3.8) is 0 Å². The van der Waals surface area contributed by atoms with Gasteiger partial charge in [0.15, 0.2) is 5.58 Å². The first kappa shape index (κ1) is 15.6. The van der Waals surface area contributed by atoms with Gasteiger partial charge in [0.2, 0.25) is 0 Å². The van der Waals surface area contributed by atoms with Crippen LogP contribution in [-0.4, -0.2) is 46.7 Å². The van der Waals surface area contributed by atoms with E-state index in [9.17, 15) is 4.79 Å². The predicted octanol–water partition coefficient (Wildman–Crippen LogP) is 2.20. The summed E-state index contributed by atoms with van der Waals surface area (Å²) >= 11 is 0. The number of urea groups is 1. The second kappa shape index (κ2) is 6.51. The van der Waals surface area contributed by atoms with Gasteiger partial charge < -0.3 is 24.1 Å². The van der Waals surface area contributed by atoms with E-state index in [4.69, 9.17) is 4.42 Å². The maximum Gasteiger partial charge on any atom is 0.317 e. The molecule has 0 spiro atoms. The van der Waals surface area contributed by atoms with Gasteiger partial charge in [0.05, 0.1) is 0 Å². The number of carbonyl (C=O) groups is 1. The number of nitrogens with one attached hydrogen (secondary N) is 1. The van der Waals surface area contributed by atoms with Gasteiger partial charge in [-0.05, 0) is 23.8 Å². The highest BCUT2D eigenvalue weighted by Gasteiger charge is 2.23. The molecule has 3 aromatic rings. The number of nitrogens with zero attached hydrogens (tertiary/aromatic N) is 4. The molecular formula is C18H21N5O2. The van der Waals surface area contributed by atoms with Crippen molar-refractivity contribution in [2.75, 3.05) is 31.1 Å². The third kappa shape index (κ3) is 3.31. The van der Waals surface area contributed by atoms with Crippen LogP contribution in [0.1, 0.15) is 5.56 Å². The van der Waals surface area contributed by atoms with Gasteiger partial charge in [-0.1, -0.05) is 12.1 Å². The maximum absolute atomic E-state index is 12.3. The van der Waals surface area contributed by atoms with Gasteiger partial charge in [-0.25, -0.2) is 4.79 Å². The Labute approximate surface area is 145 Å². The molecule has 0 atom stereocenters. The number of carbonyl (C=O) groups excluding carboxylic acids is 1. The first-order valence-corrected chi connectivity index (χ1v) is 8.43. The molecule has 25 heavy (non-hydrogen) atoms. The average molecular weight is 339 g/mol. The standard InChI is InChI=1S/C18H21N5O2/c1-21-7-6-14(13-21)12-19-17(24)22-8-10-23(11-9-22)18-20-15-4-2-3-5-16(15)25-18/h2-7,13H,8-12H2,1H3,(H,19,24). The molecule has 1 fully saturated rings. The summed E-state index contributed by atoms with van der Waals surface area (Å²) in [6.07, 6.45) is 3.98. The Bertz CT molecular complexity index is 843. The van der Waals surface area contributed by atoms with E-state index in [0.717, 1.165) is 16.7 Å². The Hall–Kier alpha value is -2.96. The minimum atomic E-state index is -0.0268. The Balaban J connectivity index is 1.32. The van der Waals surface area contributed by atoms with Crippen LogP contribution in [0.4, 0.5) is 10.8 Å². The normalized spacial score (nSPS) is 14.9. The zero-order valence-electron chi connectivity index (χ0n) is 14.2. The van der Waals surface area contributed by atoms with E-state index in [0.29, 0.717) is 38.7 Å². The summed E-state index contributed by atoms with van der Waals surface area (Å²) in [6.45, 7) is 3.28. The zero-order valence-corrected chi connectivity index (χ0v) is 14.2. The third-order valence-electron chi connectivity index (χ3n) is 4.46. The van der Waals surface area contributed by atoms with Gasteiger partial charge in [0, 0.05) is 52.2 Å². The lowest BCUT2D eigenvalue weighted by molar-refractivity contribution is 0.193. The summed E-state index contributed by atoms with van der Waals surface area (Å²) in [5, 5.41) is 2.97. The molecule has 0 bridgehead atoms. The molecule has 0 saturated carbocycles. The Morgan fingerprint density at radius 1 is 1.20 bits per heavy atom. The fourth-order valence-corrected chi connectivity index (χ4v) is 3.05. The molecular weight excluding hydrogens is 318 g/mol. The Morgan fingerprint density at radius 3 is 2.72 bits per heavy atom. The minimum Gasteiger partial charge on any atom is -0.423 e. The summed E-state index contributed by atoms with van der Waals surface area (Å²) in [4.78, 5) is 20.8. The third-order valence-corrected chi connectivity index (χ3v) is 4.46. The molecule has 1 aromatic carbocycles. The van der Waals surface area contributed by atoms with Crippen molar-refractivity contribution in [3.05, 3.63) is 48.3 Å². The average Bonchev–Trinajstić information content (AvgIpc) is 3.25. The molecule has 130 valence electrons. The molecule has 0 unspecified atom stereocenters. The van der Waals surface area contributed by atoms with Crippen LogP contribution < -0.4 is 10.2 Å². The molecule has 1 aliphatic heterocycles. The van der Waals surface area contributed by atoms with Crippen LogP contribution in [0.25, 0.3) is 11.1 Å². The minimum absolute atomic E-state index is 0.0268. The highest BCUT2D eigenvalue weighted by atomic mass is 16.4. The molecule has 3 heterocycles. The van der Waals surface area contributed by atoms with E-state index >= 15 is 0 Å². The number of hydrogen-bond donors (Lipinski definition) is 1. The first-order valence-electron chi connectivity index (χ1n) is 8.43. The monoisotopic (exact) mass is 339 g/mol. The molecule has 2 amide bonds. The Kier molecular flexibility index (Phi) is 4.05. The van der Waals surface area contributed by atoms with Gasteiger partial charge in [0.1, 0.15) is 5.52 Å². The van der Waals surface area contributed by atoms with Gasteiger partial charge in [-0.15, -0.1) is 0 Å². The van der Waals surface area contributed by atoms with Crippen LogP contribution in [-0.2, 0) is 13.6 Å². The van der Waals surface area contributed by atoms with E-state index in [-0.39, 0.29) is 6.03 Å². The molecule has 1 aliphatic rings. The molecule has 0 aliphatic carbocycles. The summed E-state index contributed by atoms with van der Waals surface area (Å²) in [7, 11) is 1.97. The maximum atomic E-state index is 12.3. The second-order valence-electron chi connectivity index (χ2n) is 6.28. The molecule has 1 saturated heterocycles. The van der Waals surface area contributed by atoms with Crippen LogP contribution in [0.5, 0.6) is 0 Å². The number of amides is 2. The molecule has 7 nitrogen and oxygen atoms in total. The first-order chi connectivity index (χ1) is 12.2. The summed E-state index contributed by atoms with van der Waals surface area (Å²) < 4.78 is 7.78. The number of rotatable bonds is 3. The van der Waals surface area contributed by atoms with Crippen molar-refractivity contribution in [1.29, 1.82) is 0 Å². The zero-order chi connectivity index (χ0) is 17.2. The Morgan fingerprint density at radius 2 is 2.00 bits per heavy atom. The molecule has 1 N–H and O–H groups in total. The van der Waals surface area contributed by atoms with Crippen molar-refractivity contribution in [3.8, 4) is 0 Å². The number of aromatic nitrogens is 2. The SMILES string of the molecule is Cn1ccc(CNC(=O)N2CCN(c3nc4ccccc4o3)CC2)c1. The highest BCUT2D eigenvalue weighted by Crippen LogP contribution is 2.22. The van der Waals surface area contributed by atoms with E-state index < -0.39 is 0 Å². The molecule has 0 radical (unpaired) electrons. The van der Waals surface area contributed by atoms with Crippen molar-refractivity contribution < 1.29 is 9.21 Å². The number of para-hydroxylation sites is 2. The van der Waals surface area contributed by atoms with Gasteiger partial charge in [0.25, 0.3) is 6.01 Å². The van der Waals surface area contributed by atoms with Crippen molar-refractivity contribution >= 4 is 23.1 Å². The molecule has 4 rings (SSSR count). The lowest BCUT2D eigenvalue weighted by Gasteiger charge is -2.33. The number of anilines is 1. The second-order valence-corrected chi connectivity index (χ2v) is 6.28. The van der Waals surface area contributed by atoms with Crippen LogP contribution in [0, 0.1) is 0 Å². The number of hydrogen-bond acceptors (Lipinski definition) is 4. The van der Waals surface area contributed by atoms with Crippen LogP contribution in [0.15, 0.2) is 47.1 Å². The van der Waals surface area contributed by atoms with Crippen molar-refractivity contribution in [2.45, 2.75) is 6.54 Å². The van der Waals surface area contributed by atoms with Crippen LogP contribution >= 0.6 is 0 Å². The summed E-state index contributed by atoms with van der Waals surface area (Å²) in [6, 6.07) is 10.3. The number of aryl methyl sites for hydroxylation is 1. The van der Waals surface area contributed by atoms with Crippen LogP contribution in [0.2, 0.25) is 0 Å². The number of fused-ring (bicyclic) bond motifs is 1. The smallest absolute Gasteiger partial charge is 0.317 e.